The highest BCUT2D eigenvalue weighted by molar-refractivity contribution is 5.23. The molecular formula is C18H30N2. The minimum atomic E-state index is 0.162. The topological polar surface area (TPSA) is 29.3 Å². The summed E-state index contributed by atoms with van der Waals surface area (Å²) < 4.78 is 0. The molecule has 20 heavy (non-hydrogen) atoms. The van der Waals surface area contributed by atoms with Crippen LogP contribution in [-0.4, -0.2) is 24.0 Å². The van der Waals surface area contributed by atoms with E-state index < -0.39 is 0 Å². The van der Waals surface area contributed by atoms with Crippen LogP contribution < -0.4 is 5.73 Å². The Balaban J connectivity index is 1.89. The lowest BCUT2D eigenvalue weighted by Crippen LogP contribution is -2.46. The molecule has 1 aliphatic heterocycles. The molecule has 0 amide bonds. The third-order valence-electron chi connectivity index (χ3n) is 4.95. The summed E-state index contributed by atoms with van der Waals surface area (Å²) in [5.74, 6) is 1.62. The molecule has 0 aromatic heterocycles. The average Bonchev–Trinajstić information content (AvgIpc) is 2.41. The summed E-state index contributed by atoms with van der Waals surface area (Å²) in [4.78, 5) is 2.63. The maximum atomic E-state index is 6.35. The van der Waals surface area contributed by atoms with Gasteiger partial charge in [0.1, 0.15) is 0 Å². The lowest BCUT2D eigenvalue weighted by Gasteiger charge is -2.41. The Labute approximate surface area is 124 Å². The molecule has 1 aliphatic rings. The second kappa shape index (κ2) is 6.73. The zero-order chi connectivity index (χ0) is 14.7. The largest absolute Gasteiger partial charge is 0.324 e. The van der Waals surface area contributed by atoms with Crippen LogP contribution in [0.2, 0.25) is 0 Å². The van der Waals surface area contributed by atoms with Gasteiger partial charge in [-0.3, -0.25) is 0 Å². The highest BCUT2D eigenvalue weighted by Gasteiger charge is 2.28. The molecule has 0 spiro atoms. The van der Waals surface area contributed by atoms with Gasteiger partial charge >= 0.3 is 0 Å². The molecule has 2 N–H and O–H groups in total. The van der Waals surface area contributed by atoms with Crippen LogP contribution in [0.4, 0.5) is 0 Å². The number of hydrogen-bond donors (Lipinski definition) is 1. The van der Waals surface area contributed by atoms with Gasteiger partial charge in [0.2, 0.25) is 0 Å². The smallest absolute Gasteiger partial charge is 0.0307 e. The van der Waals surface area contributed by atoms with Crippen molar-refractivity contribution in [1.29, 1.82) is 0 Å². The third kappa shape index (κ3) is 3.83. The molecule has 1 aromatic rings. The van der Waals surface area contributed by atoms with E-state index in [4.69, 9.17) is 5.73 Å². The maximum absolute atomic E-state index is 6.35. The van der Waals surface area contributed by atoms with Crippen LogP contribution in [0.3, 0.4) is 0 Å². The summed E-state index contributed by atoms with van der Waals surface area (Å²) in [6, 6.07) is 9.51. The lowest BCUT2D eigenvalue weighted by molar-refractivity contribution is 0.0770. The fraction of sp³-hybridized carbons (Fsp3) is 0.667. The SMILES string of the molecule is Cc1ccc(C(N)CCN2CC(C)CC(C)C2C)cc1. The predicted molar refractivity (Wildman–Crippen MR) is 86.7 cm³/mol. The molecule has 4 atom stereocenters. The quantitative estimate of drug-likeness (QED) is 0.906. The molecular weight excluding hydrogens is 244 g/mol. The Morgan fingerprint density at radius 2 is 1.85 bits per heavy atom. The first-order valence-corrected chi connectivity index (χ1v) is 8.03. The van der Waals surface area contributed by atoms with Crippen molar-refractivity contribution in [3.05, 3.63) is 35.4 Å². The second-order valence-electron chi connectivity index (χ2n) is 6.86. The van der Waals surface area contributed by atoms with Gasteiger partial charge in [-0.05, 0) is 44.1 Å². The molecule has 1 saturated heterocycles. The Morgan fingerprint density at radius 3 is 2.50 bits per heavy atom. The normalized spacial score (nSPS) is 29.4. The van der Waals surface area contributed by atoms with Gasteiger partial charge in [-0.15, -0.1) is 0 Å². The number of nitrogens with two attached hydrogens (primary N) is 1. The number of rotatable bonds is 4. The van der Waals surface area contributed by atoms with Crippen LogP contribution in [0.25, 0.3) is 0 Å². The van der Waals surface area contributed by atoms with Gasteiger partial charge in [0.05, 0.1) is 0 Å². The van der Waals surface area contributed by atoms with Gasteiger partial charge in [0.15, 0.2) is 0 Å². The van der Waals surface area contributed by atoms with Gasteiger partial charge in [-0.1, -0.05) is 43.7 Å². The second-order valence-corrected chi connectivity index (χ2v) is 6.86. The van der Waals surface area contributed by atoms with Crippen molar-refractivity contribution in [2.75, 3.05) is 13.1 Å². The Bertz CT molecular complexity index is 412. The predicted octanol–water partition coefficient (Wildman–Crippen LogP) is 3.75. The molecule has 1 fully saturated rings. The van der Waals surface area contributed by atoms with Crippen LogP contribution in [0, 0.1) is 18.8 Å². The summed E-state index contributed by atoms with van der Waals surface area (Å²) >= 11 is 0. The number of piperidine rings is 1. The minimum absolute atomic E-state index is 0.162. The molecule has 2 nitrogen and oxygen atoms in total. The van der Waals surface area contributed by atoms with Crippen molar-refractivity contribution in [3.8, 4) is 0 Å². The molecule has 2 rings (SSSR count). The summed E-state index contributed by atoms with van der Waals surface area (Å²) in [5, 5.41) is 0. The molecule has 0 bridgehead atoms. The first-order chi connectivity index (χ1) is 9.47. The number of hydrogen-bond acceptors (Lipinski definition) is 2. The first-order valence-electron chi connectivity index (χ1n) is 8.03. The van der Waals surface area contributed by atoms with E-state index in [-0.39, 0.29) is 6.04 Å². The fourth-order valence-corrected chi connectivity index (χ4v) is 3.41. The van der Waals surface area contributed by atoms with Crippen LogP contribution in [0.1, 0.15) is 50.8 Å². The molecule has 2 heteroatoms. The van der Waals surface area contributed by atoms with Crippen molar-refractivity contribution < 1.29 is 0 Å². The molecule has 1 aromatic carbocycles. The number of aryl methyl sites for hydroxylation is 1. The van der Waals surface area contributed by atoms with Crippen molar-refractivity contribution in [2.45, 2.75) is 52.6 Å². The summed E-state index contributed by atoms with van der Waals surface area (Å²) in [5.41, 5.74) is 8.91. The van der Waals surface area contributed by atoms with Crippen LogP contribution in [-0.2, 0) is 0 Å². The van der Waals surface area contributed by atoms with E-state index >= 15 is 0 Å². The monoisotopic (exact) mass is 274 g/mol. The van der Waals surface area contributed by atoms with E-state index in [1.165, 1.54) is 24.1 Å². The zero-order valence-corrected chi connectivity index (χ0v) is 13.5. The van der Waals surface area contributed by atoms with E-state index in [1.807, 2.05) is 0 Å². The minimum Gasteiger partial charge on any atom is -0.324 e. The Morgan fingerprint density at radius 1 is 1.20 bits per heavy atom. The average molecular weight is 274 g/mol. The van der Waals surface area contributed by atoms with Gasteiger partial charge in [-0.25, -0.2) is 0 Å². The van der Waals surface area contributed by atoms with Gasteiger partial charge < -0.3 is 10.6 Å². The van der Waals surface area contributed by atoms with Crippen molar-refractivity contribution >= 4 is 0 Å². The van der Waals surface area contributed by atoms with Crippen LogP contribution in [0.5, 0.6) is 0 Å². The molecule has 0 aliphatic carbocycles. The summed E-state index contributed by atoms with van der Waals surface area (Å²) in [7, 11) is 0. The standard InChI is InChI=1S/C18H30N2/c1-13-5-7-17(8-6-13)18(19)9-10-20-12-14(2)11-15(3)16(20)4/h5-8,14-16,18H,9-12,19H2,1-4H3. The third-order valence-corrected chi connectivity index (χ3v) is 4.95. The van der Waals surface area contributed by atoms with Crippen molar-refractivity contribution in [3.63, 3.8) is 0 Å². The Kier molecular flexibility index (Phi) is 5.22. The van der Waals surface area contributed by atoms with E-state index in [2.05, 4.69) is 56.9 Å². The molecule has 0 radical (unpaired) electrons. The van der Waals surface area contributed by atoms with E-state index in [0.29, 0.717) is 6.04 Å². The van der Waals surface area contributed by atoms with Crippen LogP contribution >= 0.6 is 0 Å². The number of nitrogens with zero attached hydrogens (tertiary/aromatic N) is 1. The number of likely N-dealkylation sites (tertiary alicyclic amines) is 1. The molecule has 0 saturated carbocycles. The van der Waals surface area contributed by atoms with E-state index in [0.717, 1.165) is 24.8 Å². The Hall–Kier alpha value is -0.860. The highest BCUT2D eigenvalue weighted by Crippen LogP contribution is 2.27. The zero-order valence-electron chi connectivity index (χ0n) is 13.5. The van der Waals surface area contributed by atoms with E-state index in [9.17, 15) is 0 Å². The fourth-order valence-electron chi connectivity index (χ4n) is 3.41. The van der Waals surface area contributed by atoms with Crippen LogP contribution in [0.15, 0.2) is 24.3 Å². The van der Waals surface area contributed by atoms with Gasteiger partial charge in [0, 0.05) is 25.2 Å². The first kappa shape index (κ1) is 15.5. The van der Waals surface area contributed by atoms with E-state index in [1.54, 1.807) is 0 Å². The van der Waals surface area contributed by atoms with Crippen molar-refractivity contribution in [1.82, 2.24) is 4.90 Å². The van der Waals surface area contributed by atoms with Gasteiger partial charge in [0.25, 0.3) is 0 Å². The number of benzene rings is 1. The summed E-state index contributed by atoms with van der Waals surface area (Å²) in [6.07, 6.45) is 2.41. The maximum Gasteiger partial charge on any atom is 0.0307 e. The molecule has 1 heterocycles. The van der Waals surface area contributed by atoms with Gasteiger partial charge in [-0.2, -0.15) is 0 Å². The highest BCUT2D eigenvalue weighted by atomic mass is 15.2. The van der Waals surface area contributed by atoms with Crippen molar-refractivity contribution in [2.24, 2.45) is 17.6 Å². The summed E-state index contributed by atoms with van der Waals surface area (Å²) in [6.45, 7) is 11.6. The molecule has 4 unspecified atom stereocenters. The lowest BCUT2D eigenvalue weighted by atomic mass is 9.85. The molecule has 112 valence electrons.